The number of primary amides is 1. The van der Waals surface area contributed by atoms with Gasteiger partial charge in [-0.1, -0.05) is 11.2 Å². The first-order valence-corrected chi connectivity index (χ1v) is 11.1. The number of nitrogens with two attached hydrogens (primary N) is 1. The lowest BCUT2D eigenvalue weighted by molar-refractivity contribution is 0.100. The average Bonchev–Trinajstić information content (AvgIpc) is 3.46. The van der Waals surface area contributed by atoms with Gasteiger partial charge in [-0.25, -0.2) is 4.79 Å². The van der Waals surface area contributed by atoms with Crippen molar-refractivity contribution >= 4 is 39.5 Å². The van der Waals surface area contributed by atoms with Crippen molar-refractivity contribution < 1.29 is 19.2 Å². The number of amides is 2. The predicted molar refractivity (Wildman–Crippen MR) is 127 cm³/mol. The van der Waals surface area contributed by atoms with E-state index in [2.05, 4.69) is 15.8 Å². The van der Waals surface area contributed by atoms with Crippen LogP contribution in [0.25, 0.3) is 32.9 Å². The molecular formula is C25H26N4O4. The number of fused-ring (bicyclic) bond motifs is 3. The van der Waals surface area contributed by atoms with Crippen LogP contribution in [0, 0.1) is 19.8 Å². The molecule has 2 amide bonds. The maximum atomic E-state index is 12.6. The van der Waals surface area contributed by atoms with E-state index < -0.39 is 12.0 Å². The molecule has 1 saturated carbocycles. The first-order chi connectivity index (χ1) is 15.8. The summed E-state index contributed by atoms with van der Waals surface area (Å²) < 4.78 is 7.50. The van der Waals surface area contributed by atoms with Gasteiger partial charge in [0, 0.05) is 35.1 Å². The van der Waals surface area contributed by atoms with Crippen molar-refractivity contribution in [3.63, 3.8) is 0 Å². The number of hydrogen-bond donors (Lipinski definition) is 2. The van der Waals surface area contributed by atoms with Gasteiger partial charge in [-0.05, 0) is 69.4 Å². The maximum absolute atomic E-state index is 12.6. The topological polar surface area (TPSA) is 115 Å². The van der Waals surface area contributed by atoms with Crippen molar-refractivity contribution in [2.24, 2.45) is 11.7 Å². The van der Waals surface area contributed by atoms with E-state index in [1.807, 2.05) is 38.1 Å². The van der Waals surface area contributed by atoms with Crippen LogP contribution >= 0.6 is 0 Å². The molecule has 0 aliphatic heterocycles. The summed E-state index contributed by atoms with van der Waals surface area (Å²) in [7, 11) is 0. The largest absolute Gasteiger partial charge is 0.465 e. The molecule has 0 bridgehead atoms. The lowest BCUT2D eigenvalue weighted by Crippen LogP contribution is -2.28. The van der Waals surface area contributed by atoms with E-state index in [0.717, 1.165) is 58.0 Å². The van der Waals surface area contributed by atoms with Crippen LogP contribution < -0.4 is 10.6 Å². The van der Waals surface area contributed by atoms with Gasteiger partial charge in [0.1, 0.15) is 5.76 Å². The smallest absolute Gasteiger partial charge is 0.411 e. The van der Waals surface area contributed by atoms with Gasteiger partial charge in [-0.3, -0.25) is 9.69 Å². The molecule has 5 rings (SSSR count). The third-order valence-electron chi connectivity index (χ3n) is 6.53. The van der Waals surface area contributed by atoms with Crippen molar-refractivity contribution in [2.45, 2.75) is 40.2 Å². The number of rotatable bonds is 6. The van der Waals surface area contributed by atoms with Crippen molar-refractivity contribution in [2.75, 3.05) is 11.4 Å². The number of aromatic nitrogens is 2. The zero-order valence-electron chi connectivity index (χ0n) is 18.9. The Bertz CT molecular complexity index is 1410. The fourth-order valence-electron chi connectivity index (χ4n) is 4.79. The SMILES string of the molecule is CCN(C(=O)O)c1ccc2c3cc(-c4c(C)noc4C)cc(C(N)=O)c3n(CC3CC3)c2c1. The summed E-state index contributed by atoms with van der Waals surface area (Å²) in [4.78, 5) is 25.7. The number of nitrogens with zero attached hydrogens (tertiary/aromatic N) is 3. The number of carboxylic acid groups (broad SMARTS) is 1. The van der Waals surface area contributed by atoms with E-state index in [0.29, 0.717) is 29.5 Å². The highest BCUT2D eigenvalue weighted by Gasteiger charge is 2.27. The molecule has 1 aliphatic carbocycles. The summed E-state index contributed by atoms with van der Waals surface area (Å²) in [5.41, 5.74) is 11.0. The minimum absolute atomic E-state index is 0.340. The molecule has 0 saturated heterocycles. The summed E-state index contributed by atoms with van der Waals surface area (Å²) in [5.74, 6) is 0.706. The van der Waals surface area contributed by atoms with Gasteiger partial charge in [-0.15, -0.1) is 0 Å². The Kier molecular flexibility index (Phi) is 4.88. The Morgan fingerprint density at radius 2 is 1.97 bits per heavy atom. The highest BCUT2D eigenvalue weighted by Crippen LogP contribution is 2.41. The molecule has 1 aliphatic rings. The molecule has 1 fully saturated rings. The normalized spacial score (nSPS) is 13.7. The fraction of sp³-hybridized carbons (Fsp3) is 0.320. The maximum Gasteiger partial charge on any atom is 0.411 e. The third-order valence-corrected chi connectivity index (χ3v) is 6.53. The second kappa shape index (κ2) is 7.65. The monoisotopic (exact) mass is 446 g/mol. The fourth-order valence-corrected chi connectivity index (χ4v) is 4.79. The predicted octanol–water partition coefficient (Wildman–Crippen LogP) is 5.08. The highest BCUT2D eigenvalue weighted by atomic mass is 16.5. The van der Waals surface area contributed by atoms with Crippen LogP contribution in [0.3, 0.4) is 0 Å². The molecule has 8 nitrogen and oxygen atoms in total. The third kappa shape index (κ3) is 3.42. The number of carbonyl (C=O) groups excluding carboxylic acids is 1. The lowest BCUT2D eigenvalue weighted by atomic mass is 9.97. The van der Waals surface area contributed by atoms with Crippen LogP contribution in [0.4, 0.5) is 10.5 Å². The molecule has 2 aromatic carbocycles. The highest BCUT2D eigenvalue weighted by molar-refractivity contribution is 6.17. The van der Waals surface area contributed by atoms with Gasteiger partial charge in [0.05, 0.1) is 22.3 Å². The second-order valence-electron chi connectivity index (χ2n) is 8.77. The summed E-state index contributed by atoms with van der Waals surface area (Å²) in [6, 6.07) is 9.51. The van der Waals surface area contributed by atoms with E-state index in [4.69, 9.17) is 10.3 Å². The molecular weight excluding hydrogens is 420 g/mol. The molecule has 33 heavy (non-hydrogen) atoms. The van der Waals surface area contributed by atoms with Crippen LogP contribution in [-0.2, 0) is 6.54 Å². The van der Waals surface area contributed by atoms with Crippen molar-refractivity contribution in [3.05, 3.63) is 47.3 Å². The molecule has 0 unspecified atom stereocenters. The Labute approximate surface area is 190 Å². The molecule has 0 atom stereocenters. The van der Waals surface area contributed by atoms with Crippen LogP contribution in [0.15, 0.2) is 34.9 Å². The number of carbonyl (C=O) groups is 2. The van der Waals surface area contributed by atoms with Crippen LogP contribution in [-0.4, -0.2) is 33.4 Å². The van der Waals surface area contributed by atoms with Crippen molar-refractivity contribution in [3.8, 4) is 11.1 Å². The van der Waals surface area contributed by atoms with Crippen molar-refractivity contribution in [1.82, 2.24) is 9.72 Å². The molecule has 0 spiro atoms. The van der Waals surface area contributed by atoms with Crippen LogP contribution in [0.2, 0.25) is 0 Å². The van der Waals surface area contributed by atoms with E-state index in [9.17, 15) is 14.7 Å². The number of aryl methyl sites for hydroxylation is 2. The van der Waals surface area contributed by atoms with Gasteiger partial charge in [0.25, 0.3) is 5.91 Å². The zero-order chi connectivity index (χ0) is 23.4. The molecule has 4 aromatic rings. The van der Waals surface area contributed by atoms with Gasteiger partial charge < -0.3 is 19.9 Å². The number of benzene rings is 2. The summed E-state index contributed by atoms with van der Waals surface area (Å²) in [6.45, 7) is 6.62. The lowest BCUT2D eigenvalue weighted by Gasteiger charge is -2.17. The zero-order valence-corrected chi connectivity index (χ0v) is 18.9. The molecule has 0 radical (unpaired) electrons. The molecule has 170 valence electrons. The van der Waals surface area contributed by atoms with Crippen LogP contribution in [0.1, 0.15) is 41.6 Å². The number of hydrogen-bond acceptors (Lipinski definition) is 4. The van der Waals surface area contributed by atoms with Gasteiger partial charge in [0.2, 0.25) is 0 Å². The van der Waals surface area contributed by atoms with E-state index in [-0.39, 0.29) is 0 Å². The van der Waals surface area contributed by atoms with Crippen molar-refractivity contribution in [1.29, 1.82) is 0 Å². The Morgan fingerprint density at radius 3 is 2.55 bits per heavy atom. The average molecular weight is 447 g/mol. The van der Waals surface area contributed by atoms with E-state index in [1.54, 1.807) is 6.92 Å². The first-order valence-electron chi connectivity index (χ1n) is 11.1. The Hall–Kier alpha value is -3.81. The van der Waals surface area contributed by atoms with E-state index in [1.165, 1.54) is 4.90 Å². The number of anilines is 1. The Balaban J connectivity index is 1.85. The van der Waals surface area contributed by atoms with Gasteiger partial charge in [-0.2, -0.15) is 0 Å². The minimum Gasteiger partial charge on any atom is -0.465 e. The molecule has 8 heteroatoms. The van der Waals surface area contributed by atoms with E-state index >= 15 is 0 Å². The summed E-state index contributed by atoms with van der Waals surface area (Å²) >= 11 is 0. The van der Waals surface area contributed by atoms with Gasteiger partial charge >= 0.3 is 6.09 Å². The summed E-state index contributed by atoms with van der Waals surface area (Å²) in [5, 5.41) is 15.5. The molecule has 3 N–H and O–H groups in total. The molecule has 2 aromatic heterocycles. The standard InChI is InChI=1S/C25H26N4O4/c1-4-28(25(31)32)17-7-8-18-19-9-16(22-13(2)27-33-14(22)3)10-20(24(26)30)23(19)29(21(18)11-17)12-15-5-6-15/h7-11,15H,4-6,12H2,1-3H3,(H2,26,30)(H,31,32). The second-order valence-corrected chi connectivity index (χ2v) is 8.77. The first kappa shape index (κ1) is 21.1. The van der Waals surface area contributed by atoms with Gasteiger partial charge in [0.15, 0.2) is 0 Å². The quantitative estimate of drug-likeness (QED) is 0.429. The molecule has 2 heterocycles. The minimum atomic E-state index is -1.000. The van der Waals surface area contributed by atoms with Crippen LogP contribution in [0.5, 0.6) is 0 Å². The summed E-state index contributed by atoms with van der Waals surface area (Å²) in [6.07, 6.45) is 1.28. The Morgan fingerprint density at radius 1 is 1.21 bits per heavy atom.